The smallest absolute Gasteiger partial charge is 0.195 e. The lowest BCUT2D eigenvalue weighted by Crippen LogP contribution is -2.25. The van der Waals surface area contributed by atoms with Crippen molar-refractivity contribution in [2.75, 3.05) is 7.11 Å². The van der Waals surface area contributed by atoms with Gasteiger partial charge in [-0.05, 0) is 32.5 Å². The number of unbranched alkanes of at least 4 members (excludes halogenated alkanes) is 1. The van der Waals surface area contributed by atoms with E-state index in [-0.39, 0.29) is 0 Å². The molecule has 1 heterocycles. The summed E-state index contributed by atoms with van der Waals surface area (Å²) in [5, 5.41) is 7.05. The van der Waals surface area contributed by atoms with E-state index in [1.165, 1.54) is 0 Å². The highest BCUT2D eigenvalue weighted by Crippen LogP contribution is 2.22. The van der Waals surface area contributed by atoms with Crippen LogP contribution in [0.4, 0.5) is 0 Å². The van der Waals surface area contributed by atoms with E-state index in [1.54, 1.807) is 7.11 Å². The lowest BCUT2D eigenvalue weighted by molar-refractivity contribution is 0.00806. The molecular weight excluding hydrogens is 210 g/mol. The van der Waals surface area contributed by atoms with Gasteiger partial charge in [-0.25, -0.2) is 0 Å². The summed E-state index contributed by atoms with van der Waals surface area (Å²) in [6.07, 6.45) is 2.24. The number of nitrogens with one attached hydrogen (secondary N) is 1. The predicted molar refractivity (Wildman–Crippen MR) is 62.4 cm³/mol. The fraction of sp³-hybridized carbons (Fsp3) is 0.800. The zero-order chi connectivity index (χ0) is 11.5. The molecule has 0 aromatic carbocycles. The normalized spacial score (nSPS) is 12.0. The van der Waals surface area contributed by atoms with Gasteiger partial charge in [0.05, 0.1) is 0 Å². The highest BCUT2D eigenvalue weighted by atomic mass is 32.1. The summed E-state index contributed by atoms with van der Waals surface area (Å²) >= 11 is 5.19. The minimum absolute atomic E-state index is 0.401. The van der Waals surface area contributed by atoms with E-state index in [0.717, 1.165) is 25.2 Å². The largest absolute Gasteiger partial charge is 0.371 e. The molecule has 0 fully saturated rings. The Bertz CT molecular complexity index is 367. The van der Waals surface area contributed by atoms with Crippen molar-refractivity contribution >= 4 is 12.2 Å². The number of aromatic amines is 1. The molecule has 0 aliphatic carbocycles. The third-order valence-electron chi connectivity index (χ3n) is 2.54. The molecule has 1 aromatic rings. The molecule has 0 bridgehead atoms. The molecule has 5 heteroatoms. The van der Waals surface area contributed by atoms with Gasteiger partial charge < -0.3 is 9.30 Å². The third-order valence-corrected chi connectivity index (χ3v) is 2.85. The van der Waals surface area contributed by atoms with Gasteiger partial charge in [0.1, 0.15) is 5.60 Å². The van der Waals surface area contributed by atoms with Crippen LogP contribution < -0.4 is 0 Å². The molecule has 0 spiro atoms. The van der Waals surface area contributed by atoms with Crippen molar-refractivity contribution in [3.8, 4) is 0 Å². The van der Waals surface area contributed by atoms with E-state index in [1.807, 2.05) is 18.4 Å². The Morgan fingerprint density at radius 1 is 1.53 bits per heavy atom. The van der Waals surface area contributed by atoms with Gasteiger partial charge in [-0.2, -0.15) is 5.10 Å². The highest BCUT2D eigenvalue weighted by Gasteiger charge is 2.26. The molecule has 1 rings (SSSR count). The van der Waals surface area contributed by atoms with Crippen LogP contribution in [0.1, 0.15) is 39.4 Å². The molecule has 1 N–H and O–H groups in total. The van der Waals surface area contributed by atoms with Crippen LogP contribution in [0.25, 0.3) is 0 Å². The molecule has 4 nitrogen and oxygen atoms in total. The van der Waals surface area contributed by atoms with Gasteiger partial charge in [-0.3, -0.25) is 5.10 Å². The third kappa shape index (κ3) is 2.66. The van der Waals surface area contributed by atoms with E-state index in [4.69, 9.17) is 17.0 Å². The van der Waals surface area contributed by atoms with Crippen LogP contribution >= 0.6 is 12.2 Å². The molecule has 0 aliphatic heterocycles. The van der Waals surface area contributed by atoms with E-state index in [2.05, 4.69) is 17.1 Å². The average molecular weight is 229 g/mol. The van der Waals surface area contributed by atoms with E-state index in [9.17, 15) is 0 Å². The molecule has 0 aliphatic rings. The first-order valence-corrected chi connectivity index (χ1v) is 5.64. The van der Waals surface area contributed by atoms with Gasteiger partial charge >= 0.3 is 0 Å². The zero-order valence-electron chi connectivity index (χ0n) is 9.83. The molecule has 1 aromatic heterocycles. The second kappa shape index (κ2) is 4.90. The molecular formula is C10H19N3OS. The monoisotopic (exact) mass is 229 g/mol. The van der Waals surface area contributed by atoms with E-state index in [0.29, 0.717) is 4.77 Å². The minimum Gasteiger partial charge on any atom is -0.371 e. The maximum absolute atomic E-state index is 5.41. The summed E-state index contributed by atoms with van der Waals surface area (Å²) in [4.78, 5) is 0. The zero-order valence-corrected chi connectivity index (χ0v) is 10.6. The topological polar surface area (TPSA) is 42.8 Å². The quantitative estimate of drug-likeness (QED) is 0.789. The van der Waals surface area contributed by atoms with Crippen molar-refractivity contribution in [3.05, 3.63) is 10.6 Å². The standard InChI is InChI=1S/C10H19N3OS/c1-5-6-7-13-8(10(2,3)14-4)11-12-9(13)15/h5-7H2,1-4H3,(H,12,15). The summed E-state index contributed by atoms with van der Waals surface area (Å²) in [6.45, 7) is 7.03. The molecule has 0 atom stereocenters. The molecule has 0 amide bonds. The Morgan fingerprint density at radius 3 is 2.73 bits per heavy atom. The number of hydrogen-bond donors (Lipinski definition) is 1. The summed E-state index contributed by atoms with van der Waals surface area (Å²) in [6, 6.07) is 0. The average Bonchev–Trinajstić information content (AvgIpc) is 2.57. The summed E-state index contributed by atoms with van der Waals surface area (Å²) in [5.74, 6) is 0.864. The lowest BCUT2D eigenvalue weighted by Gasteiger charge is -2.22. The van der Waals surface area contributed by atoms with Crippen molar-refractivity contribution in [3.63, 3.8) is 0 Å². The van der Waals surface area contributed by atoms with Gasteiger partial charge in [0, 0.05) is 13.7 Å². The van der Waals surface area contributed by atoms with E-state index < -0.39 is 5.60 Å². The molecule has 86 valence electrons. The summed E-state index contributed by atoms with van der Waals surface area (Å²) < 4.78 is 8.09. The van der Waals surface area contributed by atoms with E-state index >= 15 is 0 Å². The summed E-state index contributed by atoms with van der Waals surface area (Å²) in [5.41, 5.74) is -0.401. The maximum atomic E-state index is 5.41. The number of hydrogen-bond acceptors (Lipinski definition) is 3. The van der Waals surface area contributed by atoms with Crippen LogP contribution in [0.15, 0.2) is 0 Å². The Balaban J connectivity index is 3.03. The minimum atomic E-state index is -0.401. The second-order valence-electron chi connectivity index (χ2n) is 4.07. The van der Waals surface area contributed by atoms with Gasteiger partial charge in [0.25, 0.3) is 0 Å². The fourth-order valence-electron chi connectivity index (χ4n) is 1.39. The maximum Gasteiger partial charge on any atom is 0.195 e. The first-order valence-electron chi connectivity index (χ1n) is 5.23. The van der Waals surface area contributed by atoms with Crippen LogP contribution in [-0.4, -0.2) is 21.9 Å². The number of H-pyrrole nitrogens is 1. The first kappa shape index (κ1) is 12.4. The van der Waals surface area contributed by atoms with Crippen LogP contribution in [0.2, 0.25) is 0 Å². The second-order valence-corrected chi connectivity index (χ2v) is 4.46. The van der Waals surface area contributed by atoms with Crippen molar-refractivity contribution in [1.82, 2.24) is 14.8 Å². The van der Waals surface area contributed by atoms with Crippen LogP contribution in [0.3, 0.4) is 0 Å². The molecule has 0 saturated carbocycles. The van der Waals surface area contributed by atoms with Crippen molar-refractivity contribution in [1.29, 1.82) is 0 Å². The van der Waals surface area contributed by atoms with Crippen LogP contribution in [0, 0.1) is 4.77 Å². The number of ether oxygens (including phenoxy) is 1. The van der Waals surface area contributed by atoms with Crippen molar-refractivity contribution < 1.29 is 4.74 Å². The van der Waals surface area contributed by atoms with Crippen molar-refractivity contribution in [2.45, 2.75) is 45.8 Å². The number of rotatable bonds is 5. The molecule has 0 unspecified atom stereocenters. The lowest BCUT2D eigenvalue weighted by atomic mass is 10.1. The number of aromatic nitrogens is 3. The molecule has 0 radical (unpaired) electrons. The number of methoxy groups -OCH3 is 1. The Labute approximate surface area is 95.7 Å². The van der Waals surface area contributed by atoms with Crippen molar-refractivity contribution in [2.24, 2.45) is 0 Å². The predicted octanol–water partition coefficient (Wildman–Crippen LogP) is 2.62. The Kier molecular flexibility index (Phi) is 4.04. The van der Waals surface area contributed by atoms with Gasteiger partial charge in [-0.1, -0.05) is 13.3 Å². The highest BCUT2D eigenvalue weighted by molar-refractivity contribution is 7.71. The molecule has 15 heavy (non-hydrogen) atoms. The summed E-state index contributed by atoms with van der Waals surface area (Å²) in [7, 11) is 1.68. The van der Waals surface area contributed by atoms with Crippen LogP contribution in [0.5, 0.6) is 0 Å². The SMILES string of the molecule is CCCCn1c(C(C)(C)OC)n[nH]c1=S. The first-order chi connectivity index (χ1) is 7.03. The Morgan fingerprint density at radius 2 is 2.20 bits per heavy atom. The Hall–Kier alpha value is -0.680. The van der Waals surface area contributed by atoms with Gasteiger partial charge in [-0.15, -0.1) is 0 Å². The van der Waals surface area contributed by atoms with Gasteiger partial charge in [0.2, 0.25) is 0 Å². The molecule has 0 saturated heterocycles. The van der Waals surface area contributed by atoms with Gasteiger partial charge in [0.15, 0.2) is 10.6 Å². The number of nitrogens with zero attached hydrogens (tertiary/aromatic N) is 2. The fourth-order valence-corrected chi connectivity index (χ4v) is 1.62. The van der Waals surface area contributed by atoms with Crippen LogP contribution in [-0.2, 0) is 16.9 Å².